The topological polar surface area (TPSA) is 38.0 Å². The Morgan fingerprint density at radius 3 is 1.02 bits per heavy atom. The standard InChI is InChI=1S/C75H61F3N4/c1-40-24-44(5)70(45(6)25-40)52-14-19-65-60(34-52)61-35-53(71-46(7)26-41(2)27-47(71)8)15-20-66(61)81(65)69-23-18-59(56-32-57(75(76,77)78)38-58(33-56)80-13)74(64(69)39-79)82-67-21-16-54(72-48(9)28-42(3)29-49(72)10)36-62(67)63-37-55(17-22-68(63)82)73-50(11)30-43(4)31-51(73)12/h14-38H,1-12H3. The van der Waals surface area contributed by atoms with Crippen molar-refractivity contribution in [2.75, 3.05) is 0 Å². The summed E-state index contributed by atoms with van der Waals surface area (Å²) in [5.41, 5.74) is 26.7. The van der Waals surface area contributed by atoms with Crippen molar-refractivity contribution in [3.05, 3.63) is 241 Å². The molecule has 0 atom stereocenters. The molecule has 0 radical (unpaired) electrons. The molecule has 0 saturated heterocycles. The predicted octanol–water partition coefficient (Wildman–Crippen LogP) is 21.4. The summed E-state index contributed by atoms with van der Waals surface area (Å²) in [5, 5.41) is 16.0. The molecule has 2 aromatic heterocycles. The minimum Gasteiger partial charge on any atom is -0.308 e. The van der Waals surface area contributed by atoms with E-state index in [2.05, 4.69) is 224 Å². The molecule has 4 nitrogen and oxygen atoms in total. The average Bonchev–Trinajstić information content (AvgIpc) is 3.78. The number of nitrogens with zero attached hydrogens (tertiary/aromatic N) is 4. The number of rotatable bonds is 7. The lowest BCUT2D eigenvalue weighted by Gasteiger charge is -2.21. The van der Waals surface area contributed by atoms with E-state index >= 15 is 13.2 Å². The summed E-state index contributed by atoms with van der Waals surface area (Å²) in [6.07, 6.45) is -4.75. The summed E-state index contributed by atoms with van der Waals surface area (Å²) < 4.78 is 49.3. The molecule has 10 aromatic carbocycles. The molecule has 0 aliphatic carbocycles. The van der Waals surface area contributed by atoms with Crippen molar-refractivity contribution in [1.82, 2.24) is 9.13 Å². The number of hydrogen-bond donors (Lipinski definition) is 0. The van der Waals surface area contributed by atoms with Crippen molar-refractivity contribution in [3.8, 4) is 73.1 Å². The number of hydrogen-bond acceptors (Lipinski definition) is 1. The van der Waals surface area contributed by atoms with Gasteiger partial charge in [0.25, 0.3) is 0 Å². The highest BCUT2D eigenvalue weighted by atomic mass is 19.4. The van der Waals surface area contributed by atoms with Crippen molar-refractivity contribution < 1.29 is 13.2 Å². The fourth-order valence-corrected chi connectivity index (χ4v) is 14.0. The van der Waals surface area contributed by atoms with Crippen molar-refractivity contribution in [3.63, 3.8) is 0 Å². The van der Waals surface area contributed by atoms with E-state index in [9.17, 15) is 5.26 Å². The van der Waals surface area contributed by atoms with Crippen LogP contribution in [0.25, 0.3) is 115 Å². The van der Waals surface area contributed by atoms with E-state index in [1.165, 1.54) is 50.6 Å². The fourth-order valence-electron chi connectivity index (χ4n) is 14.0. The first-order valence-corrected chi connectivity index (χ1v) is 27.8. The molecular weight excluding hydrogens is 1010 g/mol. The van der Waals surface area contributed by atoms with Crippen molar-refractivity contribution in [1.29, 1.82) is 5.26 Å². The van der Waals surface area contributed by atoms with Crippen LogP contribution in [0, 0.1) is 101 Å². The highest BCUT2D eigenvalue weighted by Crippen LogP contribution is 2.47. The molecule has 0 unspecified atom stereocenters. The van der Waals surface area contributed by atoms with Gasteiger partial charge in [-0.25, -0.2) is 4.85 Å². The van der Waals surface area contributed by atoms with E-state index in [4.69, 9.17) is 6.57 Å². The maximum atomic E-state index is 15.0. The highest BCUT2D eigenvalue weighted by Gasteiger charge is 2.33. The van der Waals surface area contributed by atoms with Crippen molar-refractivity contribution >= 4 is 49.3 Å². The zero-order valence-electron chi connectivity index (χ0n) is 48.4. The molecule has 2 heterocycles. The van der Waals surface area contributed by atoms with E-state index in [-0.39, 0.29) is 16.8 Å². The molecule has 0 bridgehead atoms. The zero-order chi connectivity index (χ0) is 58.0. The summed E-state index contributed by atoms with van der Waals surface area (Å²) in [4.78, 5) is 3.57. The summed E-state index contributed by atoms with van der Waals surface area (Å²) in [5.74, 6) is 0. The maximum absolute atomic E-state index is 15.0. The number of benzene rings is 10. The van der Waals surface area contributed by atoms with E-state index in [1.54, 1.807) is 0 Å². The second kappa shape index (κ2) is 19.7. The summed E-state index contributed by atoms with van der Waals surface area (Å²) in [6.45, 7) is 33.7. The second-order valence-electron chi connectivity index (χ2n) is 23.0. The molecule has 0 amide bonds. The normalized spacial score (nSPS) is 11.8. The third-order valence-electron chi connectivity index (χ3n) is 16.8. The number of halogens is 3. The average molecular weight is 1080 g/mol. The number of alkyl halides is 3. The molecule has 12 aromatic rings. The minimum absolute atomic E-state index is 0.158. The first-order valence-electron chi connectivity index (χ1n) is 27.8. The van der Waals surface area contributed by atoms with Crippen molar-refractivity contribution in [2.24, 2.45) is 0 Å². The molecular formula is C75H61F3N4. The van der Waals surface area contributed by atoms with Gasteiger partial charge in [0.05, 0.1) is 40.0 Å². The summed E-state index contributed by atoms with van der Waals surface area (Å²) in [7, 11) is 0. The van der Waals surface area contributed by atoms with Crippen LogP contribution in [-0.2, 0) is 6.18 Å². The molecule has 402 valence electrons. The van der Waals surface area contributed by atoms with Gasteiger partial charge < -0.3 is 9.13 Å². The lowest BCUT2D eigenvalue weighted by molar-refractivity contribution is -0.137. The molecule has 0 aliphatic rings. The van der Waals surface area contributed by atoms with Crippen molar-refractivity contribution in [2.45, 2.75) is 89.3 Å². The molecule has 12 rings (SSSR count). The Kier molecular flexibility index (Phi) is 12.8. The summed E-state index contributed by atoms with van der Waals surface area (Å²) >= 11 is 0. The Bertz CT molecular complexity index is 4510. The van der Waals surface area contributed by atoms with Gasteiger partial charge in [-0.1, -0.05) is 101 Å². The van der Waals surface area contributed by atoms with E-state index in [0.29, 0.717) is 16.9 Å². The van der Waals surface area contributed by atoms with Gasteiger partial charge in [0.15, 0.2) is 5.69 Å². The maximum Gasteiger partial charge on any atom is 0.415 e. The molecule has 0 fully saturated rings. The fraction of sp³-hybridized carbons (Fsp3) is 0.173. The van der Waals surface area contributed by atoms with Gasteiger partial charge in [-0.2, -0.15) is 18.4 Å². The quantitative estimate of drug-likeness (QED) is 0.147. The first kappa shape index (κ1) is 53.2. The Labute approximate surface area is 477 Å². The highest BCUT2D eigenvalue weighted by molar-refractivity contribution is 6.14. The van der Waals surface area contributed by atoms with Gasteiger partial charge in [0, 0.05) is 32.7 Å². The first-order chi connectivity index (χ1) is 39.1. The molecule has 0 saturated carbocycles. The largest absolute Gasteiger partial charge is 0.415 e. The minimum atomic E-state index is -4.75. The van der Waals surface area contributed by atoms with Crippen LogP contribution in [0.2, 0.25) is 0 Å². The van der Waals surface area contributed by atoms with Crippen LogP contribution in [0.15, 0.2) is 152 Å². The van der Waals surface area contributed by atoms with Gasteiger partial charge >= 0.3 is 6.18 Å². The molecule has 7 heteroatoms. The third-order valence-corrected chi connectivity index (χ3v) is 16.8. The van der Waals surface area contributed by atoms with Crippen LogP contribution < -0.4 is 0 Å². The zero-order valence-corrected chi connectivity index (χ0v) is 48.4. The van der Waals surface area contributed by atoms with Gasteiger partial charge in [-0.05, 0) is 250 Å². The summed E-state index contributed by atoms with van der Waals surface area (Å²) in [6, 6.07) is 53.6. The van der Waals surface area contributed by atoms with Gasteiger partial charge in [-0.15, -0.1) is 0 Å². The Morgan fingerprint density at radius 2 is 0.720 bits per heavy atom. The second-order valence-corrected chi connectivity index (χ2v) is 23.0. The Hall–Kier alpha value is -9.43. The molecule has 0 N–H and O–H groups in total. The lowest BCUT2D eigenvalue weighted by atomic mass is 9.91. The predicted molar refractivity (Wildman–Crippen MR) is 335 cm³/mol. The van der Waals surface area contributed by atoms with E-state index in [1.807, 2.05) is 12.1 Å². The Morgan fingerprint density at radius 1 is 0.390 bits per heavy atom. The van der Waals surface area contributed by atoms with Crippen LogP contribution in [0.3, 0.4) is 0 Å². The number of aromatic nitrogens is 2. The number of nitriles is 1. The van der Waals surface area contributed by atoms with Gasteiger partial charge in [0.2, 0.25) is 0 Å². The van der Waals surface area contributed by atoms with Crippen LogP contribution >= 0.6 is 0 Å². The van der Waals surface area contributed by atoms with Gasteiger partial charge in [0.1, 0.15) is 11.6 Å². The van der Waals surface area contributed by atoms with E-state index in [0.717, 1.165) is 123 Å². The van der Waals surface area contributed by atoms with Crippen LogP contribution in [0.1, 0.15) is 77.9 Å². The smallest absolute Gasteiger partial charge is 0.308 e. The molecule has 0 spiro atoms. The molecule has 0 aliphatic heterocycles. The SMILES string of the molecule is [C-]#[N+]c1cc(-c2ccc(-n3c4ccc(-c5c(C)cc(C)cc5C)cc4c4cc(-c5c(C)cc(C)cc5C)ccc43)c(C#N)c2-n2c3ccc(-c4c(C)cc(C)cc4C)cc3c3cc(-c4c(C)cc(C)cc4C)ccc32)cc(C(F)(F)F)c1. The van der Waals surface area contributed by atoms with E-state index < -0.39 is 11.7 Å². The van der Waals surface area contributed by atoms with Crippen LogP contribution in [0.5, 0.6) is 0 Å². The van der Waals surface area contributed by atoms with Gasteiger partial charge in [-0.3, -0.25) is 0 Å². The van der Waals surface area contributed by atoms with Crippen LogP contribution in [0.4, 0.5) is 18.9 Å². The number of aryl methyl sites for hydroxylation is 12. The third kappa shape index (κ3) is 8.75. The monoisotopic (exact) mass is 1070 g/mol. The lowest BCUT2D eigenvalue weighted by Crippen LogP contribution is -2.08. The number of fused-ring (bicyclic) bond motifs is 6. The Balaban J connectivity index is 1.23. The molecule has 82 heavy (non-hydrogen) atoms. The van der Waals surface area contributed by atoms with Crippen LogP contribution in [-0.4, -0.2) is 9.13 Å².